The molecule has 0 saturated carbocycles. The van der Waals surface area contributed by atoms with Crippen LogP contribution >= 0.6 is 12.2 Å². The molecule has 0 bridgehead atoms. The van der Waals surface area contributed by atoms with E-state index in [1.807, 2.05) is 48.5 Å². The number of hydrazone groups is 1. The molecule has 2 aromatic carbocycles. The maximum Gasteiger partial charge on any atom is 0.191 e. The highest BCUT2D eigenvalue weighted by Gasteiger charge is 2.07. The number of para-hydroxylation sites is 2. The van der Waals surface area contributed by atoms with E-state index in [9.17, 15) is 0 Å². The van der Waals surface area contributed by atoms with Gasteiger partial charge in [0.2, 0.25) is 0 Å². The molecule has 0 atom stereocenters. The van der Waals surface area contributed by atoms with Crippen LogP contribution in [0.5, 0.6) is 11.5 Å². The first kappa shape index (κ1) is 15.8. The van der Waals surface area contributed by atoms with Crippen LogP contribution in [0.25, 0.3) is 0 Å². The highest BCUT2D eigenvalue weighted by Crippen LogP contribution is 2.29. The van der Waals surface area contributed by atoms with Crippen LogP contribution in [-0.4, -0.2) is 25.5 Å². The van der Waals surface area contributed by atoms with E-state index in [-0.39, 0.29) is 0 Å². The molecule has 0 heterocycles. The van der Waals surface area contributed by atoms with Crippen molar-refractivity contribution in [3.05, 3.63) is 54.1 Å². The van der Waals surface area contributed by atoms with Crippen LogP contribution < -0.4 is 20.2 Å². The third-order valence-corrected chi connectivity index (χ3v) is 3.03. The largest absolute Gasteiger partial charge is 0.493 e. The molecule has 0 aliphatic heterocycles. The lowest BCUT2D eigenvalue weighted by molar-refractivity contribution is 0.354. The molecule has 114 valence electrons. The van der Waals surface area contributed by atoms with Crippen molar-refractivity contribution < 1.29 is 9.47 Å². The molecule has 0 amide bonds. The Morgan fingerprint density at radius 2 is 1.82 bits per heavy atom. The molecular weight excluding hydrogens is 298 g/mol. The Morgan fingerprint density at radius 3 is 2.50 bits per heavy atom. The van der Waals surface area contributed by atoms with Crippen molar-refractivity contribution >= 4 is 29.2 Å². The van der Waals surface area contributed by atoms with Crippen LogP contribution in [0.15, 0.2) is 53.6 Å². The number of hydrogen-bond acceptors (Lipinski definition) is 4. The van der Waals surface area contributed by atoms with Crippen LogP contribution in [0.4, 0.5) is 5.69 Å². The number of anilines is 1. The van der Waals surface area contributed by atoms with Gasteiger partial charge in [0.25, 0.3) is 0 Å². The summed E-state index contributed by atoms with van der Waals surface area (Å²) in [5.41, 5.74) is 4.45. The van der Waals surface area contributed by atoms with Crippen molar-refractivity contribution in [1.82, 2.24) is 5.43 Å². The first-order chi connectivity index (χ1) is 10.7. The lowest BCUT2D eigenvalue weighted by Gasteiger charge is -2.10. The van der Waals surface area contributed by atoms with Crippen molar-refractivity contribution in [1.29, 1.82) is 0 Å². The Balaban J connectivity index is 1.99. The van der Waals surface area contributed by atoms with E-state index in [0.29, 0.717) is 16.6 Å². The Kier molecular flexibility index (Phi) is 5.73. The highest BCUT2D eigenvalue weighted by atomic mass is 32.1. The molecule has 2 aromatic rings. The minimum atomic E-state index is 0.407. The van der Waals surface area contributed by atoms with Crippen molar-refractivity contribution in [2.24, 2.45) is 5.10 Å². The standard InChI is InChI=1S/C16H17N3O2S/c1-20-14-10-6-7-12(15(14)21-2)11-17-19-16(22)18-13-8-4-3-5-9-13/h3-11H,1-2H3,(H2,18,19,22)/b17-11-. The average molecular weight is 315 g/mol. The number of methoxy groups -OCH3 is 2. The highest BCUT2D eigenvalue weighted by molar-refractivity contribution is 7.80. The van der Waals surface area contributed by atoms with Gasteiger partial charge in [-0.2, -0.15) is 5.10 Å². The predicted octanol–water partition coefficient (Wildman–Crippen LogP) is 3.02. The zero-order chi connectivity index (χ0) is 15.8. The predicted molar refractivity (Wildman–Crippen MR) is 92.9 cm³/mol. The maximum atomic E-state index is 5.33. The van der Waals surface area contributed by atoms with E-state index >= 15 is 0 Å². The number of hydrogen-bond donors (Lipinski definition) is 2. The van der Waals surface area contributed by atoms with Crippen LogP contribution in [0.3, 0.4) is 0 Å². The SMILES string of the molecule is COc1cccc(/C=N\NC(=S)Nc2ccccc2)c1OC. The molecule has 0 aliphatic carbocycles. The number of ether oxygens (including phenoxy) is 2. The third-order valence-electron chi connectivity index (χ3n) is 2.83. The number of nitrogens with zero attached hydrogens (tertiary/aromatic N) is 1. The van der Waals surface area contributed by atoms with E-state index in [2.05, 4.69) is 15.8 Å². The van der Waals surface area contributed by atoms with Crippen molar-refractivity contribution in [3.8, 4) is 11.5 Å². The molecule has 0 aromatic heterocycles. The van der Waals surface area contributed by atoms with Gasteiger partial charge in [-0.1, -0.05) is 24.3 Å². The quantitative estimate of drug-likeness (QED) is 0.505. The van der Waals surface area contributed by atoms with Crippen LogP contribution in [-0.2, 0) is 0 Å². The first-order valence-corrected chi connectivity index (χ1v) is 7.01. The number of rotatable bonds is 5. The van der Waals surface area contributed by atoms with E-state index in [1.54, 1.807) is 20.4 Å². The van der Waals surface area contributed by atoms with Crippen LogP contribution in [0.2, 0.25) is 0 Å². The zero-order valence-electron chi connectivity index (χ0n) is 12.4. The average Bonchev–Trinajstić information content (AvgIpc) is 2.55. The van der Waals surface area contributed by atoms with Gasteiger partial charge in [-0.15, -0.1) is 0 Å². The summed E-state index contributed by atoms with van der Waals surface area (Å²) in [5.74, 6) is 1.27. The van der Waals surface area contributed by atoms with E-state index in [0.717, 1.165) is 11.3 Å². The molecule has 0 saturated heterocycles. The Hall–Kier alpha value is -2.60. The number of benzene rings is 2. The van der Waals surface area contributed by atoms with Gasteiger partial charge in [-0.3, -0.25) is 5.43 Å². The molecule has 2 N–H and O–H groups in total. The fourth-order valence-electron chi connectivity index (χ4n) is 1.85. The van der Waals surface area contributed by atoms with Crippen molar-refractivity contribution in [2.75, 3.05) is 19.5 Å². The smallest absolute Gasteiger partial charge is 0.191 e. The zero-order valence-corrected chi connectivity index (χ0v) is 13.2. The van der Waals surface area contributed by atoms with E-state index in [4.69, 9.17) is 21.7 Å². The summed E-state index contributed by atoms with van der Waals surface area (Å²) in [5, 5.41) is 7.54. The molecule has 0 unspecified atom stereocenters. The van der Waals surface area contributed by atoms with Crippen molar-refractivity contribution in [3.63, 3.8) is 0 Å². The van der Waals surface area contributed by atoms with Gasteiger partial charge in [0.15, 0.2) is 16.6 Å². The van der Waals surface area contributed by atoms with Crippen molar-refractivity contribution in [2.45, 2.75) is 0 Å². The Morgan fingerprint density at radius 1 is 1.05 bits per heavy atom. The summed E-state index contributed by atoms with van der Waals surface area (Å²) in [4.78, 5) is 0. The molecule has 0 spiro atoms. The third kappa shape index (κ3) is 4.20. The van der Waals surface area contributed by atoms with E-state index < -0.39 is 0 Å². The summed E-state index contributed by atoms with van der Waals surface area (Å²) in [7, 11) is 3.18. The van der Waals surface area contributed by atoms with E-state index in [1.165, 1.54) is 0 Å². The summed E-state index contributed by atoms with van der Waals surface area (Å²) in [6.07, 6.45) is 1.63. The van der Waals surface area contributed by atoms with Gasteiger partial charge in [0, 0.05) is 11.3 Å². The minimum absolute atomic E-state index is 0.407. The number of nitrogens with one attached hydrogen (secondary N) is 2. The molecular formula is C16H17N3O2S. The summed E-state index contributed by atoms with van der Waals surface area (Å²) >= 11 is 5.17. The Labute approximate surface area is 134 Å². The molecule has 6 heteroatoms. The van der Waals surface area contributed by atoms with Gasteiger partial charge in [-0.05, 0) is 36.5 Å². The second-order valence-corrected chi connectivity index (χ2v) is 4.68. The summed E-state index contributed by atoms with van der Waals surface area (Å²) < 4.78 is 10.6. The summed E-state index contributed by atoms with van der Waals surface area (Å²) in [6, 6.07) is 15.2. The summed E-state index contributed by atoms with van der Waals surface area (Å²) in [6.45, 7) is 0. The molecule has 2 rings (SSSR count). The lowest BCUT2D eigenvalue weighted by Crippen LogP contribution is -2.23. The monoisotopic (exact) mass is 315 g/mol. The topological polar surface area (TPSA) is 54.9 Å². The maximum absolute atomic E-state index is 5.33. The first-order valence-electron chi connectivity index (χ1n) is 6.60. The van der Waals surface area contributed by atoms with Gasteiger partial charge in [0.1, 0.15) is 0 Å². The fourth-order valence-corrected chi connectivity index (χ4v) is 2.03. The molecule has 0 fully saturated rings. The second-order valence-electron chi connectivity index (χ2n) is 4.27. The molecule has 0 aliphatic rings. The molecule has 0 radical (unpaired) electrons. The van der Waals surface area contributed by atoms with Gasteiger partial charge < -0.3 is 14.8 Å². The minimum Gasteiger partial charge on any atom is -0.493 e. The Bertz CT molecular complexity index is 660. The lowest BCUT2D eigenvalue weighted by atomic mass is 10.2. The van der Waals surface area contributed by atoms with Crippen LogP contribution in [0, 0.1) is 0 Å². The molecule has 22 heavy (non-hydrogen) atoms. The van der Waals surface area contributed by atoms with Gasteiger partial charge in [-0.25, -0.2) is 0 Å². The van der Waals surface area contributed by atoms with Gasteiger partial charge in [0.05, 0.1) is 20.4 Å². The normalized spacial score (nSPS) is 10.3. The molecule has 5 nitrogen and oxygen atoms in total. The second kappa shape index (κ2) is 7.99. The number of thiocarbonyl (C=S) groups is 1. The van der Waals surface area contributed by atoms with Crippen LogP contribution in [0.1, 0.15) is 5.56 Å². The van der Waals surface area contributed by atoms with Gasteiger partial charge >= 0.3 is 0 Å². The fraction of sp³-hybridized carbons (Fsp3) is 0.125.